The van der Waals surface area contributed by atoms with Gasteiger partial charge in [0.25, 0.3) is 5.91 Å². The van der Waals surface area contributed by atoms with Crippen molar-refractivity contribution in [3.63, 3.8) is 0 Å². The van der Waals surface area contributed by atoms with Crippen LogP contribution in [0.1, 0.15) is 39.5 Å². The second-order valence-corrected chi connectivity index (χ2v) is 7.66. The lowest BCUT2D eigenvalue weighted by atomic mass is 9.73. The quantitative estimate of drug-likeness (QED) is 0.727. The van der Waals surface area contributed by atoms with Crippen LogP contribution in [-0.2, 0) is 14.4 Å². The molecule has 8 nitrogen and oxygen atoms in total. The number of carboxylic acid groups (broad SMARTS) is 1. The van der Waals surface area contributed by atoms with E-state index in [0.717, 1.165) is 24.2 Å². The molecule has 0 radical (unpaired) electrons. The van der Waals surface area contributed by atoms with E-state index in [4.69, 9.17) is 0 Å². The molecule has 3 aliphatic rings. The van der Waals surface area contributed by atoms with Crippen molar-refractivity contribution in [1.29, 1.82) is 0 Å². The van der Waals surface area contributed by atoms with Crippen molar-refractivity contribution in [2.24, 2.45) is 17.8 Å². The fourth-order valence-corrected chi connectivity index (χ4v) is 4.37. The number of hydrogen-bond donors (Lipinski definition) is 2. The zero-order chi connectivity index (χ0) is 18.4. The monoisotopic (exact) mass is 351 g/mol. The summed E-state index contributed by atoms with van der Waals surface area (Å²) in [6.07, 6.45) is 3.39. The average Bonchev–Trinajstić information content (AvgIpc) is 3.05. The zero-order valence-electron chi connectivity index (χ0n) is 14.7. The van der Waals surface area contributed by atoms with Gasteiger partial charge in [0.15, 0.2) is 0 Å². The van der Waals surface area contributed by atoms with Gasteiger partial charge in [0, 0.05) is 13.1 Å². The molecule has 2 aliphatic heterocycles. The highest BCUT2D eigenvalue weighted by Gasteiger charge is 2.55. The Morgan fingerprint density at radius 3 is 2.56 bits per heavy atom. The number of hydrogen-bond acceptors (Lipinski definition) is 4. The second kappa shape index (κ2) is 6.31. The number of aliphatic carboxylic acids is 1. The topological polar surface area (TPSA) is 107 Å². The van der Waals surface area contributed by atoms with Crippen LogP contribution < -0.4 is 5.32 Å². The SMILES string of the molecule is CC1CCCCC12NC(=O)N(CC(=O)N1C[C@@H](C)[C@H](C(=O)O)C1)C2=O. The van der Waals surface area contributed by atoms with E-state index < -0.39 is 23.5 Å². The zero-order valence-corrected chi connectivity index (χ0v) is 14.7. The molecule has 3 rings (SSSR count). The van der Waals surface area contributed by atoms with Crippen LogP contribution in [-0.4, -0.2) is 63.9 Å². The van der Waals surface area contributed by atoms with Gasteiger partial charge < -0.3 is 15.3 Å². The van der Waals surface area contributed by atoms with Crippen molar-refractivity contribution in [3.05, 3.63) is 0 Å². The summed E-state index contributed by atoms with van der Waals surface area (Å²) in [5.41, 5.74) is -0.877. The molecule has 4 amide bonds. The van der Waals surface area contributed by atoms with Gasteiger partial charge in [-0.1, -0.05) is 26.7 Å². The number of carboxylic acids is 1. The lowest BCUT2D eigenvalue weighted by molar-refractivity contribution is -0.143. The summed E-state index contributed by atoms with van der Waals surface area (Å²) in [6, 6.07) is -0.519. The molecule has 1 saturated carbocycles. The summed E-state index contributed by atoms with van der Waals surface area (Å²) >= 11 is 0. The molecule has 4 atom stereocenters. The van der Waals surface area contributed by atoms with Crippen LogP contribution in [0.2, 0.25) is 0 Å². The first-order chi connectivity index (χ1) is 11.8. The number of imide groups is 1. The molecular weight excluding hydrogens is 326 g/mol. The summed E-state index contributed by atoms with van der Waals surface area (Å²) in [7, 11) is 0. The number of nitrogens with zero attached hydrogens (tertiary/aromatic N) is 2. The van der Waals surface area contributed by atoms with Crippen LogP contribution in [0, 0.1) is 17.8 Å². The Bertz CT molecular complexity index is 621. The summed E-state index contributed by atoms with van der Waals surface area (Å²) in [5.74, 6) is -2.32. The number of carbonyl (C=O) groups is 4. The van der Waals surface area contributed by atoms with Crippen molar-refractivity contribution in [2.45, 2.75) is 45.1 Å². The minimum atomic E-state index is -0.923. The molecular formula is C17H25N3O5. The largest absolute Gasteiger partial charge is 0.481 e. The van der Waals surface area contributed by atoms with Gasteiger partial charge in [-0.2, -0.15) is 0 Å². The van der Waals surface area contributed by atoms with E-state index in [0.29, 0.717) is 13.0 Å². The molecule has 2 heterocycles. The van der Waals surface area contributed by atoms with Crippen molar-refractivity contribution in [2.75, 3.05) is 19.6 Å². The van der Waals surface area contributed by atoms with Gasteiger partial charge >= 0.3 is 12.0 Å². The highest BCUT2D eigenvalue weighted by molar-refractivity contribution is 6.09. The van der Waals surface area contributed by atoms with E-state index in [1.54, 1.807) is 6.92 Å². The number of nitrogens with one attached hydrogen (secondary N) is 1. The molecule has 0 bridgehead atoms. The number of carbonyl (C=O) groups excluding carboxylic acids is 3. The molecule has 2 N–H and O–H groups in total. The van der Waals surface area contributed by atoms with Gasteiger partial charge in [0.05, 0.1) is 5.92 Å². The minimum absolute atomic E-state index is 0.0426. The Kier molecular flexibility index (Phi) is 4.47. The minimum Gasteiger partial charge on any atom is -0.481 e. The van der Waals surface area contributed by atoms with Crippen LogP contribution in [0.4, 0.5) is 4.79 Å². The molecule has 8 heteroatoms. The Balaban J connectivity index is 1.69. The normalized spacial score (nSPS) is 35.4. The third-order valence-electron chi connectivity index (χ3n) is 6.08. The molecule has 2 unspecified atom stereocenters. The number of amides is 4. The highest BCUT2D eigenvalue weighted by Crippen LogP contribution is 2.38. The molecule has 3 fully saturated rings. The Morgan fingerprint density at radius 1 is 1.24 bits per heavy atom. The number of likely N-dealkylation sites (tertiary alicyclic amines) is 1. The molecule has 138 valence electrons. The lowest BCUT2D eigenvalue weighted by Gasteiger charge is -2.36. The molecule has 0 aromatic carbocycles. The van der Waals surface area contributed by atoms with Crippen LogP contribution in [0.5, 0.6) is 0 Å². The first kappa shape index (κ1) is 17.7. The van der Waals surface area contributed by atoms with Crippen molar-refractivity contribution < 1.29 is 24.3 Å². The van der Waals surface area contributed by atoms with E-state index in [2.05, 4.69) is 5.32 Å². The highest BCUT2D eigenvalue weighted by atomic mass is 16.4. The number of rotatable bonds is 3. The third kappa shape index (κ3) is 2.87. The predicted molar refractivity (Wildman–Crippen MR) is 87.5 cm³/mol. The van der Waals surface area contributed by atoms with Gasteiger partial charge in [-0.3, -0.25) is 19.3 Å². The van der Waals surface area contributed by atoms with Crippen LogP contribution in [0.25, 0.3) is 0 Å². The molecule has 25 heavy (non-hydrogen) atoms. The average molecular weight is 351 g/mol. The van der Waals surface area contributed by atoms with E-state index >= 15 is 0 Å². The van der Waals surface area contributed by atoms with Gasteiger partial charge in [-0.05, 0) is 24.7 Å². The van der Waals surface area contributed by atoms with E-state index in [1.807, 2.05) is 6.92 Å². The first-order valence-corrected chi connectivity index (χ1v) is 8.91. The third-order valence-corrected chi connectivity index (χ3v) is 6.08. The Hall–Kier alpha value is -2.12. The van der Waals surface area contributed by atoms with Crippen molar-refractivity contribution in [3.8, 4) is 0 Å². The summed E-state index contributed by atoms with van der Waals surface area (Å²) in [5, 5.41) is 12.0. The van der Waals surface area contributed by atoms with E-state index in [9.17, 15) is 24.3 Å². The standard InChI is InChI=1S/C17H25N3O5/c1-10-7-19(8-12(10)14(22)23)13(21)9-20-15(24)17(18-16(20)25)6-4-3-5-11(17)2/h10-12H,3-9H2,1-2H3,(H,18,25)(H,22,23)/t10-,11?,12-,17?/m1/s1. The summed E-state index contributed by atoms with van der Waals surface area (Å²) in [6.45, 7) is 3.89. The molecule has 1 aliphatic carbocycles. The Morgan fingerprint density at radius 2 is 1.96 bits per heavy atom. The van der Waals surface area contributed by atoms with Gasteiger partial charge in [0.2, 0.25) is 5.91 Å². The number of urea groups is 1. The molecule has 1 spiro atoms. The van der Waals surface area contributed by atoms with Crippen molar-refractivity contribution in [1.82, 2.24) is 15.1 Å². The second-order valence-electron chi connectivity index (χ2n) is 7.66. The maximum atomic E-state index is 12.9. The van der Waals surface area contributed by atoms with Gasteiger partial charge in [-0.15, -0.1) is 0 Å². The van der Waals surface area contributed by atoms with E-state index in [1.165, 1.54) is 4.90 Å². The van der Waals surface area contributed by atoms with E-state index in [-0.39, 0.29) is 36.7 Å². The van der Waals surface area contributed by atoms with Crippen LogP contribution >= 0.6 is 0 Å². The molecule has 0 aromatic rings. The molecule has 0 aromatic heterocycles. The first-order valence-electron chi connectivity index (χ1n) is 8.91. The fraction of sp³-hybridized carbons (Fsp3) is 0.765. The predicted octanol–water partition coefficient (Wildman–Crippen LogP) is 0.666. The van der Waals surface area contributed by atoms with Crippen LogP contribution in [0.15, 0.2) is 0 Å². The van der Waals surface area contributed by atoms with Gasteiger partial charge in [0.1, 0.15) is 12.1 Å². The van der Waals surface area contributed by atoms with Crippen molar-refractivity contribution >= 4 is 23.8 Å². The lowest BCUT2D eigenvalue weighted by Crippen LogP contribution is -2.54. The summed E-state index contributed by atoms with van der Waals surface area (Å²) in [4.78, 5) is 51.4. The maximum Gasteiger partial charge on any atom is 0.325 e. The molecule has 2 saturated heterocycles. The summed E-state index contributed by atoms with van der Waals surface area (Å²) < 4.78 is 0. The fourth-order valence-electron chi connectivity index (χ4n) is 4.37. The smallest absolute Gasteiger partial charge is 0.325 e. The maximum absolute atomic E-state index is 12.9. The van der Waals surface area contributed by atoms with Gasteiger partial charge in [-0.25, -0.2) is 4.79 Å². The van der Waals surface area contributed by atoms with Crippen LogP contribution in [0.3, 0.4) is 0 Å². The Labute approximate surface area is 146 Å².